The van der Waals surface area contributed by atoms with E-state index in [1.165, 1.54) is 13.0 Å². The summed E-state index contributed by atoms with van der Waals surface area (Å²) in [4.78, 5) is 34.8. The summed E-state index contributed by atoms with van der Waals surface area (Å²) in [5, 5.41) is 5.25. The average Bonchev–Trinajstić information content (AvgIpc) is 2.59. The maximum absolute atomic E-state index is 12.0. The van der Waals surface area contributed by atoms with Crippen LogP contribution in [0.5, 0.6) is 0 Å². The molecule has 25 heavy (non-hydrogen) atoms. The Labute approximate surface area is 153 Å². The second kappa shape index (κ2) is 8.98. The van der Waals surface area contributed by atoms with Crippen LogP contribution in [0.15, 0.2) is 53.0 Å². The molecule has 0 fully saturated rings. The maximum atomic E-state index is 12.0. The lowest BCUT2D eigenvalue weighted by atomic mass is 10.2. The summed E-state index contributed by atoms with van der Waals surface area (Å²) in [6.07, 6.45) is 0. The first-order valence-electron chi connectivity index (χ1n) is 7.50. The third kappa shape index (κ3) is 6.39. The van der Waals surface area contributed by atoms with Crippen molar-refractivity contribution in [2.24, 2.45) is 0 Å². The van der Waals surface area contributed by atoms with Crippen molar-refractivity contribution in [2.75, 3.05) is 11.9 Å². The summed E-state index contributed by atoms with van der Waals surface area (Å²) < 4.78 is 5.94. The Morgan fingerprint density at radius 3 is 2.48 bits per heavy atom. The lowest BCUT2D eigenvalue weighted by molar-refractivity contribution is -0.124. The van der Waals surface area contributed by atoms with E-state index in [1.54, 1.807) is 18.2 Å². The highest BCUT2D eigenvalue weighted by atomic mass is 79.9. The van der Waals surface area contributed by atoms with E-state index < -0.39 is 11.9 Å². The topological polar surface area (TPSA) is 84.5 Å². The molecule has 2 aromatic carbocycles. The second-order valence-corrected chi connectivity index (χ2v) is 6.16. The van der Waals surface area contributed by atoms with E-state index >= 15 is 0 Å². The molecule has 0 saturated carbocycles. The van der Waals surface area contributed by atoms with E-state index in [1.807, 2.05) is 24.3 Å². The van der Waals surface area contributed by atoms with Crippen molar-refractivity contribution in [1.29, 1.82) is 0 Å². The van der Waals surface area contributed by atoms with Gasteiger partial charge in [0.1, 0.15) is 0 Å². The Kier molecular flexibility index (Phi) is 6.71. The Hall–Kier alpha value is -2.67. The molecule has 7 heteroatoms. The summed E-state index contributed by atoms with van der Waals surface area (Å²) in [6.45, 7) is 1.35. The fourth-order valence-corrected chi connectivity index (χ4v) is 2.26. The molecule has 0 aliphatic carbocycles. The molecule has 0 radical (unpaired) electrons. The maximum Gasteiger partial charge on any atom is 0.338 e. The van der Waals surface area contributed by atoms with E-state index in [0.29, 0.717) is 12.2 Å². The standard InChI is InChI=1S/C18H17BrN2O4/c1-12(22)21-16-4-2-3-14(9-16)18(24)25-11-17(23)20-10-13-5-7-15(19)8-6-13/h2-9H,10-11H2,1H3,(H,20,23)(H,21,22). The van der Waals surface area contributed by atoms with Crippen molar-refractivity contribution in [2.45, 2.75) is 13.5 Å². The predicted molar refractivity (Wildman–Crippen MR) is 97.0 cm³/mol. The number of hydrogen-bond donors (Lipinski definition) is 2. The minimum atomic E-state index is -0.633. The number of ether oxygens (including phenoxy) is 1. The number of carbonyl (C=O) groups is 3. The number of halogens is 1. The van der Waals surface area contributed by atoms with E-state index in [4.69, 9.17) is 4.74 Å². The lowest BCUT2D eigenvalue weighted by Gasteiger charge is -2.08. The fraction of sp³-hybridized carbons (Fsp3) is 0.167. The molecule has 0 atom stereocenters. The summed E-state index contributed by atoms with van der Waals surface area (Å²) in [5.41, 5.74) is 1.68. The summed E-state index contributed by atoms with van der Waals surface area (Å²) in [5.74, 6) is -1.27. The van der Waals surface area contributed by atoms with Crippen LogP contribution in [0.1, 0.15) is 22.8 Å². The van der Waals surface area contributed by atoms with Gasteiger partial charge in [0.2, 0.25) is 5.91 Å². The van der Waals surface area contributed by atoms with Crippen LogP contribution in [-0.4, -0.2) is 24.4 Å². The van der Waals surface area contributed by atoms with Crippen molar-refractivity contribution in [3.05, 3.63) is 64.1 Å². The molecule has 0 heterocycles. The van der Waals surface area contributed by atoms with Crippen molar-refractivity contribution in [3.8, 4) is 0 Å². The van der Waals surface area contributed by atoms with Gasteiger partial charge in [0.25, 0.3) is 5.91 Å². The largest absolute Gasteiger partial charge is 0.452 e. The number of rotatable bonds is 6. The highest BCUT2D eigenvalue weighted by molar-refractivity contribution is 9.10. The minimum absolute atomic E-state index is 0.238. The third-order valence-electron chi connectivity index (χ3n) is 3.16. The SMILES string of the molecule is CC(=O)Nc1cccc(C(=O)OCC(=O)NCc2ccc(Br)cc2)c1. The van der Waals surface area contributed by atoms with Crippen molar-refractivity contribution < 1.29 is 19.1 Å². The average molecular weight is 405 g/mol. The first kappa shape index (κ1) is 18.7. The van der Waals surface area contributed by atoms with Crippen LogP contribution in [0.4, 0.5) is 5.69 Å². The molecule has 0 saturated heterocycles. The molecule has 0 unspecified atom stereocenters. The van der Waals surface area contributed by atoms with E-state index in [-0.39, 0.29) is 18.1 Å². The zero-order valence-corrected chi connectivity index (χ0v) is 15.1. The van der Waals surface area contributed by atoms with Crippen LogP contribution >= 0.6 is 15.9 Å². The van der Waals surface area contributed by atoms with Crippen molar-refractivity contribution >= 4 is 39.4 Å². The molecule has 2 N–H and O–H groups in total. The van der Waals surface area contributed by atoms with Crippen LogP contribution in [0.2, 0.25) is 0 Å². The lowest BCUT2D eigenvalue weighted by Crippen LogP contribution is -2.28. The number of amides is 2. The van der Waals surface area contributed by atoms with Crippen LogP contribution in [-0.2, 0) is 20.9 Å². The van der Waals surface area contributed by atoms with Gasteiger partial charge in [-0.25, -0.2) is 4.79 Å². The molecule has 0 spiro atoms. The monoisotopic (exact) mass is 404 g/mol. The van der Waals surface area contributed by atoms with E-state index in [0.717, 1.165) is 10.0 Å². The number of benzene rings is 2. The van der Waals surface area contributed by atoms with Gasteiger partial charge in [0.05, 0.1) is 5.56 Å². The third-order valence-corrected chi connectivity index (χ3v) is 3.68. The molecule has 0 bridgehead atoms. The zero-order chi connectivity index (χ0) is 18.2. The molecule has 2 rings (SSSR count). The summed E-state index contributed by atoms with van der Waals surface area (Å²) in [7, 11) is 0. The first-order chi connectivity index (χ1) is 11.9. The zero-order valence-electron chi connectivity index (χ0n) is 13.5. The minimum Gasteiger partial charge on any atom is -0.452 e. The molecule has 0 aliphatic heterocycles. The van der Waals surface area contributed by atoms with E-state index in [2.05, 4.69) is 26.6 Å². The van der Waals surface area contributed by atoms with Gasteiger partial charge in [0, 0.05) is 23.6 Å². The van der Waals surface area contributed by atoms with Gasteiger partial charge in [-0.3, -0.25) is 9.59 Å². The Bertz CT molecular complexity index is 775. The summed E-state index contributed by atoms with van der Waals surface area (Å²) in [6, 6.07) is 13.8. The Morgan fingerprint density at radius 1 is 1.08 bits per heavy atom. The van der Waals surface area contributed by atoms with Gasteiger partial charge >= 0.3 is 5.97 Å². The normalized spacial score (nSPS) is 10.0. The molecular formula is C18H17BrN2O4. The number of anilines is 1. The van der Waals surface area contributed by atoms with Gasteiger partial charge in [-0.15, -0.1) is 0 Å². The highest BCUT2D eigenvalue weighted by Crippen LogP contribution is 2.12. The van der Waals surface area contributed by atoms with Crippen LogP contribution in [0.3, 0.4) is 0 Å². The van der Waals surface area contributed by atoms with Gasteiger partial charge in [-0.05, 0) is 35.9 Å². The molecular weight excluding hydrogens is 388 g/mol. The molecule has 0 aliphatic rings. The highest BCUT2D eigenvalue weighted by Gasteiger charge is 2.11. The van der Waals surface area contributed by atoms with Crippen LogP contribution in [0, 0.1) is 0 Å². The Balaban J connectivity index is 1.81. The molecule has 130 valence electrons. The van der Waals surface area contributed by atoms with Gasteiger partial charge in [0.15, 0.2) is 6.61 Å². The fourth-order valence-electron chi connectivity index (χ4n) is 2.00. The van der Waals surface area contributed by atoms with Gasteiger partial charge in [-0.2, -0.15) is 0 Å². The van der Waals surface area contributed by atoms with Gasteiger partial charge in [-0.1, -0.05) is 34.1 Å². The van der Waals surface area contributed by atoms with E-state index in [9.17, 15) is 14.4 Å². The molecule has 0 aromatic heterocycles. The predicted octanol–water partition coefficient (Wildman–Crippen LogP) is 2.88. The smallest absolute Gasteiger partial charge is 0.338 e. The number of carbonyl (C=O) groups excluding carboxylic acids is 3. The van der Waals surface area contributed by atoms with Crippen molar-refractivity contribution in [1.82, 2.24) is 5.32 Å². The van der Waals surface area contributed by atoms with Crippen molar-refractivity contribution in [3.63, 3.8) is 0 Å². The van der Waals surface area contributed by atoms with Crippen LogP contribution < -0.4 is 10.6 Å². The van der Waals surface area contributed by atoms with Gasteiger partial charge < -0.3 is 15.4 Å². The molecule has 2 aromatic rings. The number of nitrogens with one attached hydrogen (secondary N) is 2. The number of esters is 1. The quantitative estimate of drug-likeness (QED) is 0.724. The Morgan fingerprint density at radius 2 is 1.80 bits per heavy atom. The number of hydrogen-bond acceptors (Lipinski definition) is 4. The second-order valence-electron chi connectivity index (χ2n) is 5.24. The first-order valence-corrected chi connectivity index (χ1v) is 8.29. The van der Waals surface area contributed by atoms with Crippen LogP contribution in [0.25, 0.3) is 0 Å². The summed E-state index contributed by atoms with van der Waals surface area (Å²) >= 11 is 3.34. The molecule has 6 nitrogen and oxygen atoms in total. The molecule has 2 amide bonds.